The van der Waals surface area contributed by atoms with E-state index in [1.165, 1.54) is 0 Å². The van der Waals surface area contributed by atoms with E-state index in [0.717, 1.165) is 0 Å². The zero-order chi connectivity index (χ0) is 9.07. The highest BCUT2D eigenvalue weighted by molar-refractivity contribution is 5.85. The Labute approximate surface area is 89.1 Å². The Morgan fingerprint density at radius 1 is 1.00 bits per heavy atom. The van der Waals surface area contributed by atoms with Crippen molar-refractivity contribution in [2.24, 2.45) is 5.41 Å². The number of carbonyl (C=O) groups is 2. The molecule has 2 N–H and O–H groups in total. The molecule has 0 bridgehead atoms. The van der Waals surface area contributed by atoms with Gasteiger partial charge in [-0.3, -0.25) is 9.59 Å². The molecule has 6 heteroatoms. The SMILES string of the molecule is CC(C)(CC(=O)O)CC(=O)O.Cl.Cl. The molecule has 0 saturated carbocycles. The van der Waals surface area contributed by atoms with Gasteiger partial charge in [-0.05, 0) is 5.41 Å². The first-order valence-electron chi connectivity index (χ1n) is 3.27. The molecule has 0 amide bonds. The molecule has 0 heterocycles. The van der Waals surface area contributed by atoms with E-state index in [2.05, 4.69) is 0 Å². The Kier molecular flexibility index (Phi) is 9.84. The van der Waals surface area contributed by atoms with E-state index >= 15 is 0 Å². The molecule has 0 aliphatic rings. The molecule has 80 valence electrons. The van der Waals surface area contributed by atoms with Crippen molar-refractivity contribution < 1.29 is 19.8 Å². The highest BCUT2D eigenvalue weighted by Crippen LogP contribution is 2.24. The summed E-state index contributed by atoms with van der Waals surface area (Å²) in [4.78, 5) is 20.4. The fraction of sp³-hybridized carbons (Fsp3) is 0.714. The lowest BCUT2D eigenvalue weighted by Crippen LogP contribution is -2.20. The minimum Gasteiger partial charge on any atom is -0.481 e. The summed E-state index contributed by atoms with van der Waals surface area (Å²) in [6, 6.07) is 0. The smallest absolute Gasteiger partial charge is 0.303 e. The Morgan fingerprint density at radius 2 is 1.23 bits per heavy atom. The molecule has 0 rings (SSSR count). The van der Waals surface area contributed by atoms with E-state index in [1.54, 1.807) is 13.8 Å². The maximum absolute atomic E-state index is 10.2. The van der Waals surface area contributed by atoms with Crippen LogP contribution in [0.4, 0.5) is 0 Å². The third-order valence-corrected chi connectivity index (χ3v) is 1.26. The molecule has 0 aliphatic heterocycles. The van der Waals surface area contributed by atoms with E-state index in [-0.39, 0.29) is 37.7 Å². The van der Waals surface area contributed by atoms with Crippen molar-refractivity contribution >= 4 is 36.8 Å². The Morgan fingerprint density at radius 3 is 1.38 bits per heavy atom. The lowest BCUT2D eigenvalue weighted by Gasteiger charge is -2.18. The highest BCUT2D eigenvalue weighted by Gasteiger charge is 2.24. The van der Waals surface area contributed by atoms with Gasteiger partial charge in [-0.25, -0.2) is 0 Å². The summed E-state index contributed by atoms with van der Waals surface area (Å²) in [5, 5.41) is 16.7. The minimum atomic E-state index is -0.962. The van der Waals surface area contributed by atoms with Crippen molar-refractivity contribution in [2.45, 2.75) is 26.7 Å². The first kappa shape index (κ1) is 18.3. The number of rotatable bonds is 4. The normalized spacial score (nSPS) is 9.38. The van der Waals surface area contributed by atoms with Gasteiger partial charge in [-0.15, -0.1) is 24.8 Å². The maximum atomic E-state index is 10.2. The van der Waals surface area contributed by atoms with E-state index in [1.807, 2.05) is 0 Å². The Balaban J connectivity index is -0.000000500. The van der Waals surface area contributed by atoms with Crippen molar-refractivity contribution in [1.82, 2.24) is 0 Å². The maximum Gasteiger partial charge on any atom is 0.303 e. The molecule has 0 aliphatic carbocycles. The lowest BCUT2D eigenvalue weighted by atomic mass is 9.86. The second kappa shape index (κ2) is 6.97. The van der Waals surface area contributed by atoms with Gasteiger partial charge < -0.3 is 10.2 Å². The largest absolute Gasteiger partial charge is 0.481 e. The molecule has 0 saturated heterocycles. The van der Waals surface area contributed by atoms with Crippen molar-refractivity contribution in [3.63, 3.8) is 0 Å². The topological polar surface area (TPSA) is 74.6 Å². The van der Waals surface area contributed by atoms with Crippen LogP contribution in [0.1, 0.15) is 26.7 Å². The van der Waals surface area contributed by atoms with Gasteiger partial charge in [0.2, 0.25) is 0 Å². The fourth-order valence-corrected chi connectivity index (χ4v) is 0.881. The summed E-state index contributed by atoms with van der Waals surface area (Å²) in [5.41, 5.74) is -0.655. The zero-order valence-electron chi connectivity index (χ0n) is 7.44. The van der Waals surface area contributed by atoms with Gasteiger partial charge in [0, 0.05) is 0 Å². The molecule has 0 spiro atoms. The van der Waals surface area contributed by atoms with Crippen LogP contribution in [0, 0.1) is 5.41 Å². The molecule has 0 unspecified atom stereocenters. The van der Waals surface area contributed by atoms with Crippen LogP contribution in [-0.2, 0) is 9.59 Å². The molecule has 0 radical (unpaired) electrons. The van der Waals surface area contributed by atoms with Crippen LogP contribution in [0.15, 0.2) is 0 Å². The third-order valence-electron chi connectivity index (χ3n) is 1.26. The van der Waals surface area contributed by atoms with Crippen molar-refractivity contribution in [3.8, 4) is 0 Å². The molecule has 4 nitrogen and oxygen atoms in total. The second-order valence-corrected chi connectivity index (χ2v) is 3.31. The van der Waals surface area contributed by atoms with E-state index in [0.29, 0.717) is 0 Å². The van der Waals surface area contributed by atoms with Crippen molar-refractivity contribution in [2.75, 3.05) is 0 Å². The number of carboxylic acid groups (broad SMARTS) is 2. The average molecular weight is 233 g/mol. The number of aliphatic carboxylic acids is 2. The predicted octanol–water partition coefficient (Wildman–Crippen LogP) is 1.81. The molecule has 0 atom stereocenters. The molecule has 0 aromatic rings. The van der Waals surface area contributed by atoms with Gasteiger partial charge in [-0.1, -0.05) is 13.8 Å². The van der Waals surface area contributed by atoms with E-state index in [4.69, 9.17) is 10.2 Å². The summed E-state index contributed by atoms with van der Waals surface area (Å²) in [5.74, 6) is -1.92. The fourth-order valence-electron chi connectivity index (χ4n) is 0.881. The minimum absolute atomic E-state index is 0. The predicted molar refractivity (Wildman–Crippen MR) is 52.8 cm³/mol. The van der Waals surface area contributed by atoms with Crippen molar-refractivity contribution in [3.05, 3.63) is 0 Å². The standard InChI is InChI=1S/C7H12O4.2ClH/c1-7(2,3-5(8)9)4-6(10)11;;/h3-4H2,1-2H3,(H,8,9)(H,10,11);2*1H. The molecular formula is C7H14Cl2O4. The van der Waals surface area contributed by atoms with Crippen LogP contribution >= 0.6 is 24.8 Å². The molecule has 0 aromatic carbocycles. The van der Waals surface area contributed by atoms with Gasteiger partial charge in [-0.2, -0.15) is 0 Å². The van der Waals surface area contributed by atoms with Crippen LogP contribution in [0.2, 0.25) is 0 Å². The third kappa shape index (κ3) is 11.5. The Bertz CT molecular complexity index is 161. The van der Waals surface area contributed by atoms with Gasteiger partial charge in [0.25, 0.3) is 0 Å². The lowest BCUT2D eigenvalue weighted by molar-refractivity contribution is -0.142. The van der Waals surface area contributed by atoms with Crippen LogP contribution in [0.3, 0.4) is 0 Å². The van der Waals surface area contributed by atoms with Crippen LogP contribution in [0.25, 0.3) is 0 Å². The van der Waals surface area contributed by atoms with E-state index in [9.17, 15) is 9.59 Å². The average Bonchev–Trinajstić information content (AvgIpc) is 1.53. The summed E-state index contributed by atoms with van der Waals surface area (Å²) >= 11 is 0. The first-order valence-corrected chi connectivity index (χ1v) is 3.27. The zero-order valence-corrected chi connectivity index (χ0v) is 9.07. The summed E-state index contributed by atoms with van der Waals surface area (Å²) in [6.07, 6.45) is -0.224. The quantitative estimate of drug-likeness (QED) is 0.776. The second-order valence-electron chi connectivity index (χ2n) is 3.31. The number of hydrogen-bond donors (Lipinski definition) is 2. The summed E-state index contributed by atoms with van der Waals surface area (Å²) < 4.78 is 0. The molecule has 13 heavy (non-hydrogen) atoms. The molecular weight excluding hydrogens is 219 g/mol. The number of carboxylic acids is 2. The Hall–Kier alpha value is -0.480. The van der Waals surface area contributed by atoms with Gasteiger partial charge in [0.15, 0.2) is 0 Å². The summed E-state index contributed by atoms with van der Waals surface area (Å²) in [7, 11) is 0. The number of halogens is 2. The summed E-state index contributed by atoms with van der Waals surface area (Å²) in [6.45, 7) is 3.24. The monoisotopic (exact) mass is 232 g/mol. The molecule has 0 fully saturated rings. The van der Waals surface area contributed by atoms with Crippen LogP contribution in [0.5, 0.6) is 0 Å². The van der Waals surface area contributed by atoms with Gasteiger partial charge in [0.1, 0.15) is 0 Å². The van der Waals surface area contributed by atoms with E-state index < -0.39 is 17.4 Å². The molecule has 0 aromatic heterocycles. The number of hydrogen-bond acceptors (Lipinski definition) is 2. The highest BCUT2D eigenvalue weighted by atomic mass is 35.5. The van der Waals surface area contributed by atoms with Crippen LogP contribution in [-0.4, -0.2) is 22.2 Å². The van der Waals surface area contributed by atoms with Crippen molar-refractivity contribution in [1.29, 1.82) is 0 Å². The van der Waals surface area contributed by atoms with Crippen LogP contribution < -0.4 is 0 Å². The van der Waals surface area contributed by atoms with Gasteiger partial charge in [0.05, 0.1) is 12.8 Å². The van der Waals surface area contributed by atoms with Gasteiger partial charge >= 0.3 is 11.9 Å². The first-order chi connectivity index (χ1) is 4.83.